The first-order chi connectivity index (χ1) is 5.72. The molecule has 0 radical (unpaired) electrons. The van der Waals surface area contributed by atoms with Gasteiger partial charge in [-0.1, -0.05) is 32.6 Å². The molecule has 0 rings (SSSR count). The maximum atomic E-state index is 10.2. The standard InChI is InChI=1S/C7H9NO2.C2H6/c1-3-5-8-6(4-2)7(9)10;1-2/h3-5H,1H2,2H3,(H,9,10);1-2H3/b6-4-,8-5?;. The summed E-state index contributed by atoms with van der Waals surface area (Å²) in [6.07, 6.45) is 4.18. The molecule has 0 fully saturated rings. The molecule has 12 heavy (non-hydrogen) atoms. The zero-order valence-electron chi connectivity index (χ0n) is 7.74. The van der Waals surface area contributed by atoms with Gasteiger partial charge in [0.05, 0.1) is 0 Å². The first-order valence-electron chi connectivity index (χ1n) is 3.77. The lowest BCUT2D eigenvalue weighted by Crippen LogP contribution is -1.96. The quantitative estimate of drug-likeness (QED) is 0.520. The molecule has 0 saturated heterocycles. The minimum absolute atomic E-state index is 0.0277. The fourth-order valence-corrected chi connectivity index (χ4v) is 0.386. The van der Waals surface area contributed by atoms with E-state index in [0.717, 1.165) is 0 Å². The Balaban J connectivity index is 0. The van der Waals surface area contributed by atoms with E-state index in [-0.39, 0.29) is 5.70 Å². The van der Waals surface area contributed by atoms with Crippen molar-refractivity contribution in [3.63, 3.8) is 0 Å². The Morgan fingerprint density at radius 3 is 2.25 bits per heavy atom. The van der Waals surface area contributed by atoms with E-state index in [1.807, 2.05) is 13.8 Å². The van der Waals surface area contributed by atoms with Gasteiger partial charge in [0.15, 0.2) is 0 Å². The van der Waals surface area contributed by atoms with Crippen LogP contribution in [-0.2, 0) is 4.79 Å². The van der Waals surface area contributed by atoms with Crippen LogP contribution in [0, 0.1) is 0 Å². The third-order valence-corrected chi connectivity index (χ3v) is 0.812. The third-order valence-electron chi connectivity index (χ3n) is 0.812. The molecule has 0 aromatic rings. The highest BCUT2D eigenvalue weighted by atomic mass is 16.4. The number of nitrogens with zero attached hydrogens (tertiary/aromatic N) is 1. The van der Waals surface area contributed by atoms with Crippen LogP contribution in [-0.4, -0.2) is 17.3 Å². The Morgan fingerprint density at radius 2 is 2.00 bits per heavy atom. The van der Waals surface area contributed by atoms with Gasteiger partial charge in [0.25, 0.3) is 0 Å². The monoisotopic (exact) mass is 169 g/mol. The minimum Gasteiger partial charge on any atom is -0.477 e. The summed E-state index contributed by atoms with van der Waals surface area (Å²) < 4.78 is 0. The SMILES string of the molecule is C=CC=N/C(=C\C)C(=O)O.CC. The Bertz CT molecular complexity index is 193. The molecule has 0 aliphatic heterocycles. The van der Waals surface area contributed by atoms with Crippen LogP contribution in [0.2, 0.25) is 0 Å². The summed E-state index contributed by atoms with van der Waals surface area (Å²) in [5.74, 6) is -1.03. The van der Waals surface area contributed by atoms with Crippen molar-refractivity contribution in [3.05, 3.63) is 24.4 Å². The van der Waals surface area contributed by atoms with Crippen molar-refractivity contribution < 1.29 is 9.90 Å². The summed E-state index contributed by atoms with van der Waals surface area (Å²) in [6.45, 7) is 8.97. The molecule has 0 saturated carbocycles. The Kier molecular flexibility index (Phi) is 10.6. The Labute approximate surface area is 73.1 Å². The second-order valence-electron chi connectivity index (χ2n) is 1.49. The highest BCUT2D eigenvalue weighted by molar-refractivity contribution is 5.89. The van der Waals surface area contributed by atoms with E-state index >= 15 is 0 Å². The number of aliphatic carboxylic acids is 1. The molecular formula is C9H15NO2. The van der Waals surface area contributed by atoms with Crippen molar-refractivity contribution >= 4 is 12.2 Å². The summed E-state index contributed by atoms with van der Waals surface area (Å²) >= 11 is 0. The minimum atomic E-state index is -1.03. The average Bonchev–Trinajstić information content (AvgIpc) is 2.09. The molecule has 0 heterocycles. The second kappa shape index (κ2) is 9.62. The molecule has 3 heteroatoms. The van der Waals surface area contributed by atoms with Crippen molar-refractivity contribution in [3.8, 4) is 0 Å². The summed E-state index contributed by atoms with van der Waals surface area (Å²) in [6, 6.07) is 0. The number of rotatable bonds is 3. The molecule has 1 N–H and O–H groups in total. The number of hydrogen-bond donors (Lipinski definition) is 1. The van der Waals surface area contributed by atoms with Gasteiger partial charge in [0.1, 0.15) is 5.70 Å². The van der Waals surface area contributed by atoms with Gasteiger partial charge in [0.2, 0.25) is 0 Å². The highest BCUT2D eigenvalue weighted by Gasteiger charge is 1.99. The molecule has 0 amide bonds. The largest absolute Gasteiger partial charge is 0.477 e. The molecule has 0 unspecified atom stereocenters. The van der Waals surface area contributed by atoms with E-state index in [4.69, 9.17) is 5.11 Å². The molecule has 0 aromatic carbocycles. The van der Waals surface area contributed by atoms with E-state index in [9.17, 15) is 4.79 Å². The van der Waals surface area contributed by atoms with E-state index in [2.05, 4.69) is 11.6 Å². The predicted octanol–water partition coefficient (Wildman–Crippen LogP) is 2.26. The fourth-order valence-electron chi connectivity index (χ4n) is 0.386. The average molecular weight is 169 g/mol. The van der Waals surface area contributed by atoms with Crippen LogP contribution in [0.4, 0.5) is 0 Å². The summed E-state index contributed by atoms with van der Waals surface area (Å²) in [5.41, 5.74) is 0.0277. The van der Waals surface area contributed by atoms with Gasteiger partial charge in [-0.15, -0.1) is 0 Å². The molecule has 3 nitrogen and oxygen atoms in total. The van der Waals surface area contributed by atoms with Crippen molar-refractivity contribution in [1.29, 1.82) is 0 Å². The van der Waals surface area contributed by atoms with Gasteiger partial charge in [-0.3, -0.25) is 0 Å². The maximum absolute atomic E-state index is 10.2. The predicted molar refractivity (Wildman–Crippen MR) is 51.4 cm³/mol. The normalized spacial score (nSPS) is 10.4. The Hall–Kier alpha value is -1.38. The topological polar surface area (TPSA) is 49.7 Å². The number of carboxylic acids is 1. The first kappa shape index (κ1) is 13.2. The van der Waals surface area contributed by atoms with Gasteiger partial charge >= 0.3 is 5.97 Å². The zero-order valence-corrected chi connectivity index (χ0v) is 7.74. The van der Waals surface area contributed by atoms with E-state index in [0.29, 0.717) is 0 Å². The maximum Gasteiger partial charge on any atom is 0.354 e. The van der Waals surface area contributed by atoms with Crippen LogP contribution in [0.1, 0.15) is 20.8 Å². The molecule has 0 aromatic heterocycles. The van der Waals surface area contributed by atoms with E-state index in [1.54, 1.807) is 6.92 Å². The molecule has 0 aliphatic carbocycles. The highest BCUT2D eigenvalue weighted by Crippen LogP contribution is 1.93. The number of aliphatic imine (C=N–C) groups is 1. The fraction of sp³-hybridized carbons (Fsp3) is 0.333. The van der Waals surface area contributed by atoms with Crippen LogP contribution >= 0.6 is 0 Å². The van der Waals surface area contributed by atoms with Gasteiger partial charge in [-0.2, -0.15) is 0 Å². The second-order valence-corrected chi connectivity index (χ2v) is 1.49. The summed E-state index contributed by atoms with van der Waals surface area (Å²) in [5, 5.41) is 8.38. The number of carbonyl (C=O) groups is 1. The van der Waals surface area contributed by atoms with E-state index in [1.165, 1.54) is 18.4 Å². The third kappa shape index (κ3) is 6.74. The van der Waals surface area contributed by atoms with Crippen LogP contribution in [0.5, 0.6) is 0 Å². The van der Waals surface area contributed by atoms with Gasteiger partial charge in [0, 0.05) is 6.21 Å². The number of hydrogen-bond acceptors (Lipinski definition) is 2. The van der Waals surface area contributed by atoms with Crippen LogP contribution in [0.3, 0.4) is 0 Å². The lowest BCUT2D eigenvalue weighted by molar-refractivity contribution is -0.132. The molecule has 0 bridgehead atoms. The first-order valence-corrected chi connectivity index (χ1v) is 3.77. The van der Waals surface area contributed by atoms with Crippen molar-refractivity contribution in [2.75, 3.05) is 0 Å². The molecule has 0 spiro atoms. The molecule has 0 aliphatic rings. The smallest absolute Gasteiger partial charge is 0.354 e. The van der Waals surface area contributed by atoms with Crippen LogP contribution < -0.4 is 0 Å². The van der Waals surface area contributed by atoms with Crippen LogP contribution in [0.15, 0.2) is 29.4 Å². The molecular weight excluding hydrogens is 154 g/mol. The van der Waals surface area contributed by atoms with Crippen molar-refractivity contribution in [1.82, 2.24) is 0 Å². The molecule has 0 atom stereocenters. The molecule has 68 valence electrons. The zero-order chi connectivity index (χ0) is 9.98. The lowest BCUT2D eigenvalue weighted by Gasteiger charge is -1.88. The summed E-state index contributed by atoms with van der Waals surface area (Å²) in [4.78, 5) is 13.8. The van der Waals surface area contributed by atoms with Gasteiger partial charge in [-0.05, 0) is 6.92 Å². The Morgan fingerprint density at radius 1 is 1.50 bits per heavy atom. The van der Waals surface area contributed by atoms with Crippen molar-refractivity contribution in [2.45, 2.75) is 20.8 Å². The van der Waals surface area contributed by atoms with Crippen LogP contribution in [0.25, 0.3) is 0 Å². The summed E-state index contributed by atoms with van der Waals surface area (Å²) in [7, 11) is 0. The van der Waals surface area contributed by atoms with Gasteiger partial charge in [-0.25, -0.2) is 9.79 Å². The van der Waals surface area contributed by atoms with Gasteiger partial charge < -0.3 is 5.11 Å². The number of allylic oxidation sites excluding steroid dienone is 2. The van der Waals surface area contributed by atoms with E-state index < -0.39 is 5.97 Å². The number of carboxylic acid groups (broad SMARTS) is 1. The lowest BCUT2D eigenvalue weighted by atomic mass is 10.4. The van der Waals surface area contributed by atoms with Crippen molar-refractivity contribution in [2.24, 2.45) is 4.99 Å².